The predicted octanol–water partition coefficient (Wildman–Crippen LogP) is 0.597. The van der Waals surface area contributed by atoms with E-state index < -0.39 is 0 Å². The lowest BCUT2D eigenvalue weighted by Crippen LogP contribution is -2.53. The predicted molar refractivity (Wildman–Crippen MR) is 79.1 cm³/mol. The maximum absolute atomic E-state index is 12.4. The maximum atomic E-state index is 12.4. The number of rotatable bonds is 3. The maximum Gasteiger partial charge on any atom is 0.242 e. The molecule has 2 aliphatic heterocycles. The Kier molecular flexibility index (Phi) is 4.55. The van der Waals surface area contributed by atoms with Gasteiger partial charge in [-0.3, -0.25) is 9.48 Å². The number of amides is 1. The van der Waals surface area contributed by atoms with E-state index in [1.165, 1.54) is 5.56 Å². The van der Waals surface area contributed by atoms with Crippen molar-refractivity contribution >= 4 is 5.91 Å². The fourth-order valence-corrected chi connectivity index (χ4v) is 3.14. The first-order valence-corrected chi connectivity index (χ1v) is 7.90. The first-order chi connectivity index (χ1) is 10.3. The quantitative estimate of drug-likeness (QED) is 0.886. The third kappa shape index (κ3) is 3.27. The van der Waals surface area contributed by atoms with Gasteiger partial charge in [-0.05, 0) is 31.2 Å². The highest BCUT2D eigenvalue weighted by Crippen LogP contribution is 2.27. The lowest BCUT2D eigenvalue weighted by molar-refractivity contribution is -0.137. The first kappa shape index (κ1) is 14.5. The number of piperidine rings is 1. The lowest BCUT2D eigenvalue weighted by Gasteiger charge is -2.35. The van der Waals surface area contributed by atoms with Crippen molar-refractivity contribution < 1.29 is 9.53 Å². The van der Waals surface area contributed by atoms with E-state index in [0.29, 0.717) is 19.1 Å². The number of nitrogens with one attached hydrogen (secondary N) is 1. The van der Waals surface area contributed by atoms with Crippen molar-refractivity contribution in [2.75, 3.05) is 32.8 Å². The van der Waals surface area contributed by atoms with Crippen molar-refractivity contribution in [3.8, 4) is 0 Å². The smallest absolute Gasteiger partial charge is 0.242 e. The summed E-state index contributed by atoms with van der Waals surface area (Å²) >= 11 is 0. The number of carbonyl (C=O) groups excluding carboxylic acids is 1. The van der Waals surface area contributed by atoms with E-state index in [-0.39, 0.29) is 11.9 Å². The van der Waals surface area contributed by atoms with Crippen molar-refractivity contribution in [1.82, 2.24) is 20.0 Å². The number of morpholine rings is 1. The molecule has 0 radical (unpaired) electrons. The average Bonchev–Trinajstić information content (AvgIpc) is 3.04. The fraction of sp³-hybridized carbons (Fsp3) is 0.733. The molecular weight excluding hydrogens is 268 g/mol. The summed E-state index contributed by atoms with van der Waals surface area (Å²) in [7, 11) is 0. The van der Waals surface area contributed by atoms with Gasteiger partial charge in [0.25, 0.3) is 0 Å². The van der Waals surface area contributed by atoms with Crippen LogP contribution in [0.3, 0.4) is 0 Å². The first-order valence-electron chi connectivity index (χ1n) is 7.90. The molecular formula is C15H24N4O2. The van der Waals surface area contributed by atoms with Crippen molar-refractivity contribution in [2.45, 2.75) is 38.3 Å². The van der Waals surface area contributed by atoms with Crippen LogP contribution in [0.1, 0.15) is 31.2 Å². The number of likely N-dealkylation sites (tertiary alicyclic amines) is 1. The zero-order chi connectivity index (χ0) is 14.7. The monoisotopic (exact) mass is 292 g/mol. The summed E-state index contributed by atoms with van der Waals surface area (Å²) in [4.78, 5) is 14.4. The molecule has 6 heteroatoms. The van der Waals surface area contributed by atoms with E-state index in [2.05, 4.69) is 23.5 Å². The minimum Gasteiger partial charge on any atom is -0.378 e. The highest BCUT2D eigenvalue weighted by Gasteiger charge is 2.30. The average molecular weight is 292 g/mol. The molecule has 3 heterocycles. The molecule has 0 aliphatic carbocycles. The van der Waals surface area contributed by atoms with Crippen LogP contribution in [0.5, 0.6) is 0 Å². The molecule has 1 N–H and O–H groups in total. The van der Waals surface area contributed by atoms with Gasteiger partial charge in [0, 0.05) is 32.4 Å². The molecule has 116 valence electrons. The minimum absolute atomic E-state index is 0.154. The number of carbonyl (C=O) groups is 1. The van der Waals surface area contributed by atoms with Crippen LogP contribution >= 0.6 is 0 Å². The second-order valence-electron chi connectivity index (χ2n) is 5.81. The summed E-state index contributed by atoms with van der Waals surface area (Å²) in [5, 5.41) is 7.59. The van der Waals surface area contributed by atoms with Gasteiger partial charge in [-0.1, -0.05) is 0 Å². The molecule has 2 fully saturated rings. The van der Waals surface area contributed by atoms with Crippen LogP contribution in [-0.4, -0.2) is 59.5 Å². The van der Waals surface area contributed by atoms with Gasteiger partial charge in [0.15, 0.2) is 0 Å². The number of nitrogens with zero attached hydrogens (tertiary/aromatic N) is 3. The molecule has 21 heavy (non-hydrogen) atoms. The molecule has 1 atom stereocenters. The second-order valence-corrected chi connectivity index (χ2v) is 5.81. The van der Waals surface area contributed by atoms with Crippen LogP contribution in [0.4, 0.5) is 0 Å². The van der Waals surface area contributed by atoms with E-state index >= 15 is 0 Å². The Bertz CT molecular complexity index is 474. The van der Waals surface area contributed by atoms with E-state index in [1.807, 2.05) is 15.8 Å². The summed E-state index contributed by atoms with van der Waals surface area (Å²) in [5.41, 5.74) is 1.31. The van der Waals surface area contributed by atoms with Gasteiger partial charge in [-0.25, -0.2) is 0 Å². The third-order valence-electron chi connectivity index (χ3n) is 4.47. The largest absolute Gasteiger partial charge is 0.378 e. The molecule has 0 aromatic carbocycles. The molecule has 0 saturated carbocycles. The van der Waals surface area contributed by atoms with E-state index in [4.69, 9.17) is 4.74 Å². The highest BCUT2D eigenvalue weighted by atomic mass is 16.5. The molecule has 1 aromatic heterocycles. The van der Waals surface area contributed by atoms with Gasteiger partial charge in [0.05, 0.1) is 19.4 Å². The fourth-order valence-electron chi connectivity index (χ4n) is 3.14. The van der Waals surface area contributed by atoms with Gasteiger partial charge >= 0.3 is 0 Å². The van der Waals surface area contributed by atoms with Crippen molar-refractivity contribution in [3.63, 3.8) is 0 Å². The number of aromatic nitrogens is 2. The number of hydrogen-bond donors (Lipinski definition) is 1. The minimum atomic E-state index is -0.154. The zero-order valence-corrected chi connectivity index (χ0v) is 12.6. The van der Waals surface area contributed by atoms with Crippen LogP contribution < -0.4 is 5.32 Å². The van der Waals surface area contributed by atoms with Crippen LogP contribution in [0.15, 0.2) is 12.4 Å². The third-order valence-corrected chi connectivity index (χ3v) is 4.47. The van der Waals surface area contributed by atoms with Crippen molar-refractivity contribution in [2.24, 2.45) is 0 Å². The SMILES string of the molecule is CCn1cc(C2CCN(C(=O)C3COCCN3)CC2)cn1. The summed E-state index contributed by atoms with van der Waals surface area (Å²) in [6.07, 6.45) is 6.16. The number of hydrogen-bond acceptors (Lipinski definition) is 4. The molecule has 0 bridgehead atoms. The Hall–Kier alpha value is -1.40. The summed E-state index contributed by atoms with van der Waals surface area (Å²) in [5.74, 6) is 0.724. The molecule has 0 spiro atoms. The molecule has 1 aromatic rings. The van der Waals surface area contributed by atoms with Crippen molar-refractivity contribution in [3.05, 3.63) is 18.0 Å². The standard InChI is InChI=1S/C15H24N4O2/c1-2-19-10-13(9-17-19)12-3-6-18(7-4-12)15(20)14-11-21-8-5-16-14/h9-10,12,14,16H,2-8,11H2,1H3. The molecule has 1 unspecified atom stereocenters. The summed E-state index contributed by atoms with van der Waals surface area (Å²) in [6, 6.07) is -0.154. The van der Waals surface area contributed by atoms with Crippen LogP contribution in [0.2, 0.25) is 0 Å². The number of ether oxygens (including phenoxy) is 1. The van der Waals surface area contributed by atoms with Crippen LogP contribution in [0.25, 0.3) is 0 Å². The van der Waals surface area contributed by atoms with E-state index in [1.54, 1.807) is 0 Å². The number of aryl methyl sites for hydroxylation is 1. The van der Waals surface area contributed by atoms with Crippen LogP contribution in [0, 0.1) is 0 Å². The Labute approximate surface area is 125 Å². The molecule has 2 saturated heterocycles. The van der Waals surface area contributed by atoms with Gasteiger partial charge in [0.2, 0.25) is 5.91 Å². The molecule has 2 aliphatic rings. The Balaban J connectivity index is 1.53. The molecule has 6 nitrogen and oxygen atoms in total. The highest BCUT2D eigenvalue weighted by molar-refractivity contribution is 5.82. The second kappa shape index (κ2) is 6.58. The van der Waals surface area contributed by atoms with E-state index in [0.717, 1.165) is 39.0 Å². The Morgan fingerprint density at radius 3 is 2.90 bits per heavy atom. The zero-order valence-electron chi connectivity index (χ0n) is 12.6. The summed E-state index contributed by atoms with van der Waals surface area (Å²) < 4.78 is 7.35. The van der Waals surface area contributed by atoms with Gasteiger partial charge in [0.1, 0.15) is 6.04 Å². The van der Waals surface area contributed by atoms with Gasteiger partial charge in [-0.2, -0.15) is 5.10 Å². The van der Waals surface area contributed by atoms with Gasteiger partial charge < -0.3 is 15.0 Å². The normalized spacial score (nSPS) is 24.2. The molecule has 3 rings (SSSR count). The van der Waals surface area contributed by atoms with Crippen molar-refractivity contribution in [1.29, 1.82) is 0 Å². The Morgan fingerprint density at radius 2 is 2.29 bits per heavy atom. The molecule has 1 amide bonds. The van der Waals surface area contributed by atoms with Gasteiger partial charge in [-0.15, -0.1) is 0 Å². The van der Waals surface area contributed by atoms with Crippen LogP contribution in [-0.2, 0) is 16.1 Å². The topological polar surface area (TPSA) is 59.4 Å². The Morgan fingerprint density at radius 1 is 1.48 bits per heavy atom. The lowest BCUT2D eigenvalue weighted by atomic mass is 9.91. The van der Waals surface area contributed by atoms with E-state index in [9.17, 15) is 4.79 Å². The summed E-state index contributed by atoms with van der Waals surface area (Å²) in [6.45, 7) is 6.64.